The van der Waals surface area contributed by atoms with Gasteiger partial charge >= 0.3 is 0 Å². The van der Waals surface area contributed by atoms with E-state index in [-0.39, 0.29) is 10.6 Å². The van der Waals surface area contributed by atoms with Gasteiger partial charge in [0.15, 0.2) is 0 Å². The van der Waals surface area contributed by atoms with E-state index in [0.29, 0.717) is 0 Å². The summed E-state index contributed by atoms with van der Waals surface area (Å²) in [5, 5.41) is 17.2. The average Bonchev–Trinajstić information content (AvgIpc) is 2.52. The Labute approximate surface area is 124 Å². The van der Waals surface area contributed by atoms with Crippen LogP contribution < -0.4 is 10.6 Å². The van der Waals surface area contributed by atoms with Crippen molar-refractivity contribution in [2.24, 2.45) is 0 Å². The second-order valence-electron chi connectivity index (χ2n) is 4.75. The van der Waals surface area contributed by atoms with E-state index in [4.69, 9.17) is 0 Å². The van der Waals surface area contributed by atoms with Gasteiger partial charge in [0.2, 0.25) is 0 Å². The van der Waals surface area contributed by atoms with Gasteiger partial charge in [0.1, 0.15) is 0 Å². The van der Waals surface area contributed by atoms with Crippen LogP contribution in [0.25, 0.3) is 0 Å². The van der Waals surface area contributed by atoms with Crippen molar-refractivity contribution < 1.29 is 4.92 Å². The van der Waals surface area contributed by atoms with Gasteiger partial charge in [-0.1, -0.05) is 30.3 Å². The number of para-hydroxylation sites is 1. The van der Waals surface area contributed by atoms with E-state index >= 15 is 0 Å². The summed E-state index contributed by atoms with van der Waals surface area (Å²) in [7, 11) is 0. The highest BCUT2D eigenvalue weighted by atomic mass is 16.6. The highest BCUT2D eigenvalue weighted by molar-refractivity contribution is 5.42. The molecule has 0 saturated carbocycles. The van der Waals surface area contributed by atoms with E-state index in [2.05, 4.69) is 10.6 Å². The third kappa shape index (κ3) is 5.24. The van der Waals surface area contributed by atoms with Crippen LogP contribution in [0.5, 0.6) is 0 Å². The zero-order valence-corrected chi connectivity index (χ0v) is 11.8. The fourth-order valence-corrected chi connectivity index (χ4v) is 1.97. The predicted molar refractivity (Wildman–Crippen MR) is 84.4 cm³/mol. The lowest BCUT2D eigenvalue weighted by Gasteiger charge is -2.07. The number of hydrogen-bond acceptors (Lipinski definition) is 4. The van der Waals surface area contributed by atoms with Crippen molar-refractivity contribution in [1.82, 2.24) is 5.32 Å². The monoisotopic (exact) mass is 285 g/mol. The molecule has 0 aromatic heterocycles. The molecule has 0 aliphatic rings. The lowest BCUT2D eigenvalue weighted by molar-refractivity contribution is -0.384. The minimum absolute atomic E-state index is 0.130. The molecule has 0 spiro atoms. The van der Waals surface area contributed by atoms with Crippen LogP contribution in [0.15, 0.2) is 54.6 Å². The number of hydrogen-bond donors (Lipinski definition) is 2. The quantitative estimate of drug-likeness (QED) is 0.444. The molecule has 5 heteroatoms. The largest absolute Gasteiger partial charge is 0.385 e. The smallest absolute Gasteiger partial charge is 0.269 e. The van der Waals surface area contributed by atoms with Crippen LogP contribution in [0.2, 0.25) is 0 Å². The van der Waals surface area contributed by atoms with E-state index in [1.165, 1.54) is 12.1 Å². The molecule has 0 atom stereocenters. The number of benzene rings is 2. The highest BCUT2D eigenvalue weighted by Crippen LogP contribution is 2.11. The van der Waals surface area contributed by atoms with Crippen LogP contribution in [-0.2, 0) is 6.54 Å². The Hall–Kier alpha value is -2.40. The average molecular weight is 285 g/mol. The summed E-state index contributed by atoms with van der Waals surface area (Å²) in [6.45, 7) is 2.54. The second kappa shape index (κ2) is 8.01. The summed E-state index contributed by atoms with van der Waals surface area (Å²) in [5.74, 6) is 0. The summed E-state index contributed by atoms with van der Waals surface area (Å²) in [6, 6.07) is 16.7. The van der Waals surface area contributed by atoms with Gasteiger partial charge in [-0.15, -0.1) is 0 Å². The molecule has 0 radical (unpaired) electrons. The van der Waals surface area contributed by atoms with Gasteiger partial charge in [-0.05, 0) is 30.7 Å². The van der Waals surface area contributed by atoms with Crippen molar-refractivity contribution in [3.05, 3.63) is 70.3 Å². The number of nitro benzene ring substituents is 1. The Morgan fingerprint density at radius 2 is 1.67 bits per heavy atom. The van der Waals surface area contributed by atoms with Crippen molar-refractivity contribution in [1.29, 1.82) is 0 Å². The number of nitrogens with zero attached hydrogens (tertiary/aromatic N) is 1. The maximum Gasteiger partial charge on any atom is 0.269 e. The molecule has 0 aliphatic carbocycles. The van der Waals surface area contributed by atoms with Crippen molar-refractivity contribution in [2.45, 2.75) is 13.0 Å². The Kier molecular flexibility index (Phi) is 5.72. The minimum atomic E-state index is -0.382. The fourth-order valence-electron chi connectivity index (χ4n) is 1.97. The van der Waals surface area contributed by atoms with Crippen molar-refractivity contribution in [2.75, 3.05) is 18.4 Å². The van der Waals surface area contributed by atoms with E-state index in [1.807, 2.05) is 30.3 Å². The molecule has 21 heavy (non-hydrogen) atoms. The third-order valence-electron chi connectivity index (χ3n) is 3.11. The van der Waals surface area contributed by atoms with E-state index in [9.17, 15) is 10.1 Å². The van der Waals surface area contributed by atoms with E-state index in [1.54, 1.807) is 12.1 Å². The summed E-state index contributed by atoms with van der Waals surface area (Å²) in [5.41, 5.74) is 2.32. The molecule has 2 rings (SSSR count). The molecule has 2 aromatic carbocycles. The molecule has 0 fully saturated rings. The van der Waals surface area contributed by atoms with Crippen molar-refractivity contribution in [3.8, 4) is 0 Å². The molecule has 2 N–H and O–H groups in total. The van der Waals surface area contributed by atoms with Crippen LogP contribution in [-0.4, -0.2) is 18.0 Å². The first-order chi connectivity index (χ1) is 10.3. The summed E-state index contributed by atoms with van der Waals surface area (Å²) in [6.07, 6.45) is 1.02. The maximum atomic E-state index is 10.5. The molecule has 5 nitrogen and oxygen atoms in total. The van der Waals surface area contributed by atoms with Gasteiger partial charge in [0, 0.05) is 30.9 Å². The first kappa shape index (κ1) is 15.0. The highest BCUT2D eigenvalue weighted by Gasteiger charge is 2.03. The third-order valence-corrected chi connectivity index (χ3v) is 3.11. The van der Waals surface area contributed by atoms with Gasteiger partial charge in [-0.3, -0.25) is 10.1 Å². The van der Waals surface area contributed by atoms with E-state index in [0.717, 1.165) is 37.3 Å². The van der Waals surface area contributed by atoms with Gasteiger partial charge in [-0.2, -0.15) is 0 Å². The summed E-state index contributed by atoms with van der Waals surface area (Å²) >= 11 is 0. The van der Waals surface area contributed by atoms with Crippen LogP contribution in [0, 0.1) is 10.1 Å². The van der Waals surface area contributed by atoms with Crippen LogP contribution in [0.3, 0.4) is 0 Å². The zero-order chi connectivity index (χ0) is 14.9. The summed E-state index contributed by atoms with van der Waals surface area (Å²) in [4.78, 5) is 10.2. The number of non-ortho nitro benzene ring substituents is 1. The molecule has 0 unspecified atom stereocenters. The SMILES string of the molecule is O=[N+]([O-])c1ccc(CNCCCNc2ccccc2)cc1. The zero-order valence-electron chi connectivity index (χ0n) is 11.8. The Balaban J connectivity index is 1.60. The van der Waals surface area contributed by atoms with Gasteiger partial charge in [0.05, 0.1) is 4.92 Å². The maximum absolute atomic E-state index is 10.5. The Morgan fingerprint density at radius 3 is 2.33 bits per heavy atom. The molecular weight excluding hydrogens is 266 g/mol. The molecule has 0 amide bonds. The first-order valence-corrected chi connectivity index (χ1v) is 6.99. The molecule has 2 aromatic rings. The summed E-state index contributed by atoms with van der Waals surface area (Å²) < 4.78 is 0. The predicted octanol–water partition coefficient (Wildman–Crippen LogP) is 3.19. The molecule has 0 aliphatic heterocycles. The molecule has 110 valence electrons. The lowest BCUT2D eigenvalue weighted by atomic mass is 10.2. The fraction of sp³-hybridized carbons (Fsp3) is 0.250. The molecule has 0 bridgehead atoms. The minimum Gasteiger partial charge on any atom is -0.385 e. The normalized spacial score (nSPS) is 10.3. The lowest BCUT2D eigenvalue weighted by Crippen LogP contribution is -2.17. The number of anilines is 1. The topological polar surface area (TPSA) is 67.2 Å². The van der Waals surface area contributed by atoms with Crippen LogP contribution in [0.1, 0.15) is 12.0 Å². The van der Waals surface area contributed by atoms with Crippen molar-refractivity contribution >= 4 is 11.4 Å². The standard InChI is InChI=1S/C16H19N3O2/c20-19(21)16-9-7-14(8-10-16)13-17-11-4-12-18-15-5-2-1-3-6-15/h1-3,5-10,17-18H,4,11-13H2. The number of nitrogens with one attached hydrogen (secondary N) is 2. The first-order valence-electron chi connectivity index (χ1n) is 6.99. The van der Waals surface area contributed by atoms with E-state index < -0.39 is 0 Å². The van der Waals surface area contributed by atoms with Gasteiger partial charge in [0.25, 0.3) is 5.69 Å². The van der Waals surface area contributed by atoms with Gasteiger partial charge in [-0.25, -0.2) is 0 Å². The molecule has 0 heterocycles. The Bertz CT molecular complexity index is 555. The molecular formula is C16H19N3O2. The van der Waals surface area contributed by atoms with Gasteiger partial charge < -0.3 is 10.6 Å². The number of nitro groups is 1. The van der Waals surface area contributed by atoms with Crippen LogP contribution in [0.4, 0.5) is 11.4 Å². The number of rotatable bonds is 8. The second-order valence-corrected chi connectivity index (χ2v) is 4.75. The molecule has 0 saturated heterocycles. The Morgan fingerprint density at radius 1 is 0.952 bits per heavy atom. The van der Waals surface area contributed by atoms with Crippen LogP contribution >= 0.6 is 0 Å². The van der Waals surface area contributed by atoms with Crippen molar-refractivity contribution in [3.63, 3.8) is 0 Å².